The summed E-state index contributed by atoms with van der Waals surface area (Å²) in [6.45, 7) is 2.18. The summed E-state index contributed by atoms with van der Waals surface area (Å²) in [5.74, 6) is 1.83. The standard InChI is InChI=1S/C21H16Cl2O3/c1-14-19(23)3-2-4-21(14)25-13-18-10-9-17(26-18)11-12-20(24)15-5-7-16(22)8-6-15/h2-12H,13H2,1H3/b12-11+. The predicted octanol–water partition coefficient (Wildman–Crippen LogP) is 6.37. The molecule has 0 atom stereocenters. The van der Waals surface area contributed by atoms with Crippen molar-refractivity contribution in [2.45, 2.75) is 13.5 Å². The Bertz CT molecular complexity index is 940. The van der Waals surface area contributed by atoms with Gasteiger partial charge in [0.05, 0.1) is 0 Å². The highest BCUT2D eigenvalue weighted by Gasteiger charge is 2.06. The molecule has 0 aliphatic carbocycles. The van der Waals surface area contributed by atoms with E-state index in [1.165, 1.54) is 6.08 Å². The van der Waals surface area contributed by atoms with Gasteiger partial charge in [0, 0.05) is 21.2 Å². The van der Waals surface area contributed by atoms with Crippen molar-refractivity contribution in [2.75, 3.05) is 0 Å². The van der Waals surface area contributed by atoms with Gasteiger partial charge in [0.25, 0.3) is 0 Å². The predicted molar refractivity (Wildman–Crippen MR) is 104 cm³/mol. The molecular formula is C21H16Cl2O3. The van der Waals surface area contributed by atoms with Crippen LogP contribution in [0.4, 0.5) is 0 Å². The van der Waals surface area contributed by atoms with Crippen LogP contribution in [0.25, 0.3) is 6.08 Å². The lowest BCUT2D eigenvalue weighted by molar-refractivity contribution is 0.104. The molecule has 0 aliphatic heterocycles. The average molecular weight is 387 g/mol. The Labute approximate surface area is 161 Å². The van der Waals surface area contributed by atoms with Gasteiger partial charge in [0.15, 0.2) is 5.78 Å². The van der Waals surface area contributed by atoms with Crippen molar-refractivity contribution in [1.82, 2.24) is 0 Å². The van der Waals surface area contributed by atoms with Crippen molar-refractivity contribution >= 4 is 35.1 Å². The fourth-order valence-electron chi connectivity index (χ4n) is 2.32. The van der Waals surface area contributed by atoms with E-state index < -0.39 is 0 Å². The zero-order valence-corrected chi connectivity index (χ0v) is 15.6. The summed E-state index contributed by atoms with van der Waals surface area (Å²) in [5.41, 5.74) is 1.45. The third-order valence-corrected chi connectivity index (χ3v) is 4.46. The van der Waals surface area contributed by atoms with Gasteiger partial charge in [-0.05, 0) is 67.6 Å². The van der Waals surface area contributed by atoms with Crippen LogP contribution >= 0.6 is 23.2 Å². The molecule has 26 heavy (non-hydrogen) atoms. The minimum Gasteiger partial charge on any atom is -0.485 e. The summed E-state index contributed by atoms with van der Waals surface area (Å²) in [5, 5.41) is 1.25. The Morgan fingerprint density at radius 3 is 2.62 bits per heavy atom. The number of hydrogen-bond donors (Lipinski definition) is 0. The Morgan fingerprint density at radius 2 is 1.85 bits per heavy atom. The summed E-state index contributed by atoms with van der Waals surface area (Å²) in [7, 11) is 0. The smallest absolute Gasteiger partial charge is 0.185 e. The first-order chi connectivity index (χ1) is 12.5. The quantitative estimate of drug-likeness (QED) is 0.364. The third-order valence-electron chi connectivity index (χ3n) is 3.80. The molecule has 0 bridgehead atoms. The van der Waals surface area contributed by atoms with E-state index in [-0.39, 0.29) is 12.4 Å². The Balaban J connectivity index is 1.61. The van der Waals surface area contributed by atoms with Crippen LogP contribution in [-0.4, -0.2) is 5.78 Å². The van der Waals surface area contributed by atoms with Crippen LogP contribution in [-0.2, 0) is 6.61 Å². The number of rotatable bonds is 6. The topological polar surface area (TPSA) is 39.4 Å². The molecular weight excluding hydrogens is 371 g/mol. The highest BCUT2D eigenvalue weighted by Crippen LogP contribution is 2.26. The van der Waals surface area contributed by atoms with E-state index in [1.54, 1.807) is 36.4 Å². The van der Waals surface area contributed by atoms with Gasteiger partial charge in [-0.25, -0.2) is 0 Å². The number of ketones is 1. The van der Waals surface area contributed by atoms with Crippen LogP contribution in [0.3, 0.4) is 0 Å². The van der Waals surface area contributed by atoms with Crippen molar-refractivity contribution in [3.05, 3.63) is 93.4 Å². The Morgan fingerprint density at radius 1 is 1.08 bits per heavy atom. The number of carbonyl (C=O) groups is 1. The second kappa shape index (κ2) is 8.26. The molecule has 0 unspecified atom stereocenters. The van der Waals surface area contributed by atoms with E-state index in [0.29, 0.717) is 32.9 Å². The number of hydrogen-bond acceptors (Lipinski definition) is 3. The molecule has 132 valence electrons. The summed E-state index contributed by atoms with van der Waals surface area (Å²) in [6.07, 6.45) is 3.10. The summed E-state index contributed by atoms with van der Waals surface area (Å²) >= 11 is 11.9. The monoisotopic (exact) mass is 386 g/mol. The van der Waals surface area contributed by atoms with E-state index in [0.717, 1.165) is 5.56 Å². The van der Waals surface area contributed by atoms with Crippen LogP contribution in [0.1, 0.15) is 27.4 Å². The van der Waals surface area contributed by atoms with Gasteiger partial charge in [-0.2, -0.15) is 0 Å². The maximum atomic E-state index is 12.1. The number of furan rings is 1. The van der Waals surface area contributed by atoms with Gasteiger partial charge in [0.1, 0.15) is 23.9 Å². The number of benzene rings is 2. The van der Waals surface area contributed by atoms with Crippen molar-refractivity contribution < 1.29 is 13.9 Å². The molecule has 1 aromatic heterocycles. The second-order valence-corrected chi connectivity index (χ2v) is 6.50. The lowest BCUT2D eigenvalue weighted by atomic mass is 10.1. The lowest BCUT2D eigenvalue weighted by Gasteiger charge is -2.08. The molecule has 0 fully saturated rings. The highest BCUT2D eigenvalue weighted by atomic mass is 35.5. The fourth-order valence-corrected chi connectivity index (χ4v) is 2.61. The van der Waals surface area contributed by atoms with Crippen molar-refractivity contribution in [3.8, 4) is 5.75 Å². The van der Waals surface area contributed by atoms with E-state index >= 15 is 0 Å². The van der Waals surface area contributed by atoms with Crippen molar-refractivity contribution in [3.63, 3.8) is 0 Å². The van der Waals surface area contributed by atoms with Gasteiger partial charge in [-0.1, -0.05) is 29.3 Å². The van der Waals surface area contributed by atoms with Gasteiger partial charge < -0.3 is 9.15 Å². The number of halogens is 2. The number of ether oxygens (including phenoxy) is 1. The maximum absolute atomic E-state index is 12.1. The lowest BCUT2D eigenvalue weighted by Crippen LogP contribution is -1.95. The summed E-state index contributed by atoms with van der Waals surface area (Å²) in [6, 6.07) is 15.8. The van der Waals surface area contributed by atoms with E-state index in [4.69, 9.17) is 32.4 Å². The Kier molecular flexibility index (Phi) is 5.82. The van der Waals surface area contributed by atoms with Gasteiger partial charge in [0.2, 0.25) is 0 Å². The zero-order valence-electron chi connectivity index (χ0n) is 14.0. The van der Waals surface area contributed by atoms with E-state index in [9.17, 15) is 4.79 Å². The summed E-state index contributed by atoms with van der Waals surface area (Å²) < 4.78 is 11.4. The molecule has 5 heteroatoms. The fraction of sp³-hybridized carbons (Fsp3) is 0.0952. The third kappa shape index (κ3) is 4.57. The van der Waals surface area contributed by atoms with Crippen LogP contribution < -0.4 is 4.74 Å². The van der Waals surface area contributed by atoms with Crippen LogP contribution in [0.15, 0.2) is 65.1 Å². The normalized spacial score (nSPS) is 11.0. The largest absolute Gasteiger partial charge is 0.485 e. The zero-order chi connectivity index (χ0) is 18.5. The van der Waals surface area contributed by atoms with Crippen molar-refractivity contribution in [1.29, 1.82) is 0 Å². The minimum absolute atomic E-state index is 0.120. The van der Waals surface area contributed by atoms with Gasteiger partial charge in [-0.15, -0.1) is 0 Å². The molecule has 0 amide bonds. The molecule has 3 rings (SSSR count). The molecule has 0 radical (unpaired) electrons. The maximum Gasteiger partial charge on any atom is 0.185 e. The molecule has 1 heterocycles. The van der Waals surface area contributed by atoms with Crippen LogP contribution in [0.5, 0.6) is 5.75 Å². The van der Waals surface area contributed by atoms with Crippen molar-refractivity contribution in [2.24, 2.45) is 0 Å². The van der Waals surface area contributed by atoms with E-state index in [1.807, 2.05) is 31.2 Å². The molecule has 0 spiro atoms. The van der Waals surface area contributed by atoms with Gasteiger partial charge in [-0.3, -0.25) is 4.79 Å². The molecule has 2 aromatic carbocycles. The second-order valence-electron chi connectivity index (χ2n) is 5.66. The van der Waals surface area contributed by atoms with Gasteiger partial charge >= 0.3 is 0 Å². The first-order valence-corrected chi connectivity index (χ1v) is 8.73. The SMILES string of the molecule is Cc1c(Cl)cccc1OCc1ccc(/C=C/C(=O)c2ccc(Cl)cc2)o1. The summed E-state index contributed by atoms with van der Waals surface area (Å²) in [4.78, 5) is 12.1. The molecule has 3 nitrogen and oxygen atoms in total. The molecule has 0 saturated heterocycles. The first kappa shape index (κ1) is 18.3. The van der Waals surface area contributed by atoms with Crippen LogP contribution in [0.2, 0.25) is 10.0 Å². The minimum atomic E-state index is -0.120. The van der Waals surface area contributed by atoms with E-state index in [2.05, 4.69) is 0 Å². The van der Waals surface area contributed by atoms with Crippen LogP contribution in [0, 0.1) is 6.92 Å². The first-order valence-electron chi connectivity index (χ1n) is 7.97. The highest BCUT2D eigenvalue weighted by molar-refractivity contribution is 6.31. The molecule has 0 aliphatic rings. The Hall–Kier alpha value is -2.49. The molecule has 3 aromatic rings. The number of carbonyl (C=O) groups excluding carboxylic acids is 1. The average Bonchev–Trinajstić information content (AvgIpc) is 3.09. The molecule has 0 N–H and O–H groups in total. The number of allylic oxidation sites excluding steroid dienone is 1. The molecule has 0 saturated carbocycles.